The van der Waals surface area contributed by atoms with Gasteiger partial charge in [0.2, 0.25) is 0 Å². The molecule has 0 saturated heterocycles. The average Bonchev–Trinajstić information content (AvgIpc) is 1.68. The lowest BCUT2D eigenvalue weighted by molar-refractivity contribution is 0.779. The maximum Gasteiger partial charge on any atom is 0.00779 e. The molecular weight excluding hydrogens is 168 g/mol. The molecule has 0 aliphatic heterocycles. The van der Waals surface area contributed by atoms with Crippen molar-refractivity contribution in [2.24, 2.45) is 0 Å². The third kappa shape index (κ3) is 4.55. The fourth-order valence-electron chi connectivity index (χ4n) is 0.570. The molecule has 7 heavy (non-hydrogen) atoms. The molecule has 2 heteroatoms. The molecule has 0 N–H and O–H groups in total. The Balaban J connectivity index is 2.83. The maximum atomic E-state index is 3.45. The first-order valence-corrected chi connectivity index (χ1v) is 5.14. The van der Waals surface area contributed by atoms with Crippen LogP contribution >= 0.6 is 15.9 Å². The normalized spacial score (nSPS) is 14.6. The molecular formula is C5H13BrSi. The third-order valence-corrected chi connectivity index (χ3v) is 4.33. The van der Waals surface area contributed by atoms with Crippen LogP contribution in [-0.2, 0) is 0 Å². The van der Waals surface area contributed by atoms with Gasteiger partial charge in [0.1, 0.15) is 0 Å². The Bertz CT molecular complexity index is 39.1. The fourth-order valence-corrected chi connectivity index (χ4v) is 1.47. The summed E-state index contributed by atoms with van der Waals surface area (Å²) in [5, 5.41) is 1.22. The van der Waals surface area contributed by atoms with Gasteiger partial charge in [-0.05, 0) is 5.54 Å². The maximum absolute atomic E-state index is 3.45. The molecule has 0 radical (unpaired) electrons. The highest BCUT2D eigenvalue weighted by Gasteiger charge is 1.94. The molecule has 0 aliphatic carbocycles. The van der Waals surface area contributed by atoms with Crippen LogP contribution in [0.5, 0.6) is 0 Å². The Kier molecular flexibility index (Phi) is 5.33. The van der Waals surface area contributed by atoms with Crippen LogP contribution in [0.15, 0.2) is 0 Å². The van der Waals surface area contributed by atoms with E-state index in [1.54, 1.807) is 0 Å². The predicted octanol–water partition coefficient (Wildman–Crippen LogP) is 1.34. The van der Waals surface area contributed by atoms with Gasteiger partial charge >= 0.3 is 0 Å². The molecule has 44 valence electrons. The van der Waals surface area contributed by atoms with Gasteiger partial charge in [0.05, 0.1) is 0 Å². The summed E-state index contributed by atoms with van der Waals surface area (Å²) >= 11 is 3.45. The molecule has 0 nitrogen and oxygen atoms in total. The zero-order valence-corrected chi connectivity index (χ0v) is 8.66. The summed E-state index contributed by atoms with van der Waals surface area (Å²) in [6, 6.07) is 0. The molecule has 0 spiro atoms. The van der Waals surface area contributed by atoms with E-state index in [9.17, 15) is 0 Å². The Morgan fingerprint density at radius 3 is 2.43 bits per heavy atom. The fraction of sp³-hybridized carbons (Fsp3) is 1.00. The Morgan fingerprint density at radius 2 is 2.29 bits per heavy atom. The van der Waals surface area contributed by atoms with Crippen LogP contribution in [0.3, 0.4) is 0 Å². The van der Waals surface area contributed by atoms with Crippen molar-refractivity contribution >= 4 is 26.2 Å². The van der Waals surface area contributed by atoms with Crippen LogP contribution in [0.25, 0.3) is 0 Å². The number of hydrogen-bond donors (Lipinski definition) is 0. The van der Waals surface area contributed by atoms with Crippen LogP contribution in [0.4, 0.5) is 0 Å². The van der Waals surface area contributed by atoms with Crippen molar-refractivity contribution in [3.05, 3.63) is 0 Å². The van der Waals surface area contributed by atoms with Crippen molar-refractivity contribution in [1.29, 1.82) is 0 Å². The van der Waals surface area contributed by atoms with Crippen LogP contribution in [0.1, 0.15) is 19.8 Å². The highest BCUT2D eigenvalue weighted by molar-refractivity contribution is 9.09. The minimum absolute atomic E-state index is 1.00. The van der Waals surface area contributed by atoms with Crippen molar-refractivity contribution in [3.8, 4) is 0 Å². The van der Waals surface area contributed by atoms with Gasteiger partial charge in [-0.3, -0.25) is 0 Å². The molecule has 0 fully saturated rings. The molecule has 1 unspecified atom stereocenters. The van der Waals surface area contributed by atoms with Gasteiger partial charge in [-0.1, -0.05) is 35.7 Å². The van der Waals surface area contributed by atoms with Crippen molar-refractivity contribution in [3.63, 3.8) is 0 Å². The topological polar surface area (TPSA) is 0 Å². The molecule has 0 aromatic heterocycles. The standard InChI is InChI=1S/C5H13BrSi/c1-2-3-5(7)4-6/h5H,2-4H2,1,7H3. The number of hydrogen-bond acceptors (Lipinski definition) is 0. The highest BCUT2D eigenvalue weighted by Crippen LogP contribution is 2.09. The largest absolute Gasteiger partial charge is 0.0929 e. The first-order chi connectivity index (χ1) is 3.31. The highest BCUT2D eigenvalue weighted by atomic mass is 79.9. The van der Waals surface area contributed by atoms with E-state index in [2.05, 4.69) is 22.9 Å². The van der Waals surface area contributed by atoms with Gasteiger partial charge in [0.15, 0.2) is 0 Å². The minimum atomic E-state index is 1.00. The summed E-state index contributed by atoms with van der Waals surface area (Å²) in [5.41, 5.74) is 1.00. The second-order valence-corrected chi connectivity index (χ2v) is 4.33. The van der Waals surface area contributed by atoms with Gasteiger partial charge in [0.25, 0.3) is 0 Å². The molecule has 0 heterocycles. The second-order valence-electron chi connectivity index (χ2n) is 2.05. The van der Waals surface area contributed by atoms with E-state index in [-0.39, 0.29) is 0 Å². The lowest BCUT2D eigenvalue weighted by Gasteiger charge is -2.01. The van der Waals surface area contributed by atoms with Gasteiger partial charge in [-0.25, -0.2) is 0 Å². The second kappa shape index (κ2) is 4.85. The van der Waals surface area contributed by atoms with E-state index >= 15 is 0 Å². The Labute approximate surface area is 57.2 Å². The van der Waals surface area contributed by atoms with Gasteiger partial charge in [-0.2, -0.15) is 0 Å². The SMILES string of the molecule is CCCC([SiH3])CBr. The summed E-state index contributed by atoms with van der Waals surface area (Å²) in [4.78, 5) is 0. The monoisotopic (exact) mass is 180 g/mol. The van der Waals surface area contributed by atoms with E-state index in [0.29, 0.717) is 0 Å². The molecule has 0 amide bonds. The first-order valence-electron chi connectivity index (χ1n) is 2.87. The quantitative estimate of drug-likeness (QED) is 0.455. The van der Waals surface area contributed by atoms with Crippen molar-refractivity contribution < 1.29 is 0 Å². The molecule has 0 rings (SSSR count). The van der Waals surface area contributed by atoms with Crippen LogP contribution in [0.2, 0.25) is 5.54 Å². The van der Waals surface area contributed by atoms with Crippen molar-refractivity contribution in [2.75, 3.05) is 5.33 Å². The zero-order chi connectivity index (χ0) is 5.70. The van der Waals surface area contributed by atoms with E-state index in [1.807, 2.05) is 0 Å². The van der Waals surface area contributed by atoms with E-state index in [0.717, 1.165) is 5.54 Å². The molecule has 0 aliphatic rings. The lowest BCUT2D eigenvalue weighted by atomic mass is 10.3. The molecule has 0 bridgehead atoms. The van der Waals surface area contributed by atoms with E-state index in [4.69, 9.17) is 0 Å². The van der Waals surface area contributed by atoms with E-state index in [1.165, 1.54) is 28.4 Å². The number of halogens is 1. The summed E-state index contributed by atoms with van der Waals surface area (Å²) in [6.45, 7) is 2.24. The predicted molar refractivity (Wildman–Crippen MR) is 42.4 cm³/mol. The molecule has 1 atom stereocenters. The van der Waals surface area contributed by atoms with Crippen molar-refractivity contribution in [1.82, 2.24) is 0 Å². The minimum Gasteiger partial charge on any atom is -0.0929 e. The number of alkyl halides is 1. The van der Waals surface area contributed by atoms with Crippen LogP contribution in [-0.4, -0.2) is 15.6 Å². The summed E-state index contributed by atoms with van der Waals surface area (Å²) < 4.78 is 0. The van der Waals surface area contributed by atoms with Gasteiger partial charge < -0.3 is 0 Å². The zero-order valence-electron chi connectivity index (χ0n) is 5.08. The number of rotatable bonds is 3. The first kappa shape index (κ1) is 7.70. The van der Waals surface area contributed by atoms with Gasteiger partial charge in [0, 0.05) is 15.6 Å². The smallest absolute Gasteiger partial charge is 0.00779 e. The summed E-state index contributed by atoms with van der Waals surface area (Å²) in [7, 11) is 1.35. The average molecular weight is 181 g/mol. The van der Waals surface area contributed by atoms with Gasteiger partial charge in [-0.15, -0.1) is 0 Å². The summed E-state index contributed by atoms with van der Waals surface area (Å²) in [5.74, 6) is 0. The lowest BCUT2D eigenvalue weighted by Crippen LogP contribution is -1.90. The van der Waals surface area contributed by atoms with E-state index < -0.39 is 0 Å². The van der Waals surface area contributed by atoms with Crippen LogP contribution in [0, 0.1) is 0 Å². The van der Waals surface area contributed by atoms with Crippen LogP contribution < -0.4 is 0 Å². The molecule has 0 aromatic carbocycles. The molecule has 0 aromatic rings. The third-order valence-electron chi connectivity index (χ3n) is 1.04. The van der Waals surface area contributed by atoms with Crippen molar-refractivity contribution in [2.45, 2.75) is 25.3 Å². The Hall–Kier alpha value is 0.697. The Morgan fingerprint density at radius 1 is 1.71 bits per heavy atom. The molecule has 0 saturated carbocycles. The summed E-state index contributed by atoms with van der Waals surface area (Å²) in [6.07, 6.45) is 2.76.